The fraction of sp³-hybridized carbons (Fsp3) is 0.308. The summed E-state index contributed by atoms with van der Waals surface area (Å²) >= 11 is 0. The Hall–Kier alpha value is -1.61. The third-order valence-electron chi connectivity index (χ3n) is 3.19. The quantitative estimate of drug-likeness (QED) is 0.763. The molecule has 1 unspecified atom stereocenters. The lowest BCUT2D eigenvalue weighted by molar-refractivity contribution is 0.539. The van der Waals surface area contributed by atoms with E-state index in [0.29, 0.717) is 6.04 Å². The van der Waals surface area contributed by atoms with E-state index in [-0.39, 0.29) is 0 Å². The summed E-state index contributed by atoms with van der Waals surface area (Å²) in [5.41, 5.74) is 4.90. The number of nitrogens with one attached hydrogen (secondary N) is 2. The van der Waals surface area contributed by atoms with Crippen molar-refractivity contribution in [3.8, 4) is 11.3 Å². The molecule has 82 valence electrons. The molecule has 1 aliphatic rings. The summed E-state index contributed by atoms with van der Waals surface area (Å²) in [7, 11) is 0. The van der Waals surface area contributed by atoms with Crippen molar-refractivity contribution >= 4 is 0 Å². The normalized spacial score (nSPS) is 19.4. The number of aromatic nitrogens is 2. The molecule has 3 heteroatoms. The second-order valence-electron chi connectivity index (χ2n) is 4.26. The van der Waals surface area contributed by atoms with Crippen LogP contribution in [0.25, 0.3) is 11.3 Å². The van der Waals surface area contributed by atoms with Gasteiger partial charge in [0.15, 0.2) is 0 Å². The fourth-order valence-electron chi connectivity index (χ4n) is 2.38. The lowest BCUT2D eigenvalue weighted by Crippen LogP contribution is -2.27. The standard InChI is InChI=1S/C13H15N3/c1-9-12-11(7-8-14-9)15-16-13(12)10-5-3-2-4-6-10/h2-6,9,14H,7-8H2,1H3,(H,15,16). The summed E-state index contributed by atoms with van der Waals surface area (Å²) in [6.45, 7) is 3.23. The highest BCUT2D eigenvalue weighted by Gasteiger charge is 2.22. The van der Waals surface area contributed by atoms with Crippen LogP contribution in [0.1, 0.15) is 24.2 Å². The van der Waals surface area contributed by atoms with Crippen LogP contribution in [0.15, 0.2) is 30.3 Å². The van der Waals surface area contributed by atoms with Crippen molar-refractivity contribution in [1.82, 2.24) is 15.5 Å². The Kier molecular flexibility index (Phi) is 2.26. The van der Waals surface area contributed by atoms with E-state index < -0.39 is 0 Å². The zero-order chi connectivity index (χ0) is 11.0. The second kappa shape index (κ2) is 3.76. The van der Waals surface area contributed by atoms with Gasteiger partial charge in [0.05, 0.1) is 5.69 Å². The van der Waals surface area contributed by atoms with E-state index in [1.807, 2.05) is 6.07 Å². The summed E-state index contributed by atoms with van der Waals surface area (Å²) in [4.78, 5) is 0. The molecular formula is C13H15N3. The van der Waals surface area contributed by atoms with Gasteiger partial charge in [0.1, 0.15) is 0 Å². The summed E-state index contributed by atoms with van der Waals surface area (Å²) in [5.74, 6) is 0. The first-order chi connectivity index (χ1) is 7.86. The van der Waals surface area contributed by atoms with Gasteiger partial charge >= 0.3 is 0 Å². The molecule has 2 aromatic rings. The Balaban J connectivity index is 2.13. The van der Waals surface area contributed by atoms with Gasteiger partial charge in [-0.05, 0) is 6.92 Å². The third kappa shape index (κ3) is 1.44. The van der Waals surface area contributed by atoms with Crippen LogP contribution in [0.3, 0.4) is 0 Å². The predicted molar refractivity (Wildman–Crippen MR) is 64.1 cm³/mol. The minimum Gasteiger partial charge on any atom is -0.310 e. The molecule has 1 aromatic carbocycles. The Bertz CT molecular complexity index is 487. The fourth-order valence-corrected chi connectivity index (χ4v) is 2.38. The highest BCUT2D eigenvalue weighted by molar-refractivity contribution is 5.65. The minimum absolute atomic E-state index is 0.387. The Morgan fingerprint density at radius 3 is 2.88 bits per heavy atom. The molecule has 2 N–H and O–H groups in total. The van der Waals surface area contributed by atoms with Crippen LogP contribution >= 0.6 is 0 Å². The maximum atomic E-state index is 4.45. The molecule has 1 aromatic heterocycles. The van der Waals surface area contributed by atoms with Crippen molar-refractivity contribution in [2.75, 3.05) is 6.54 Å². The molecule has 0 aliphatic carbocycles. The molecule has 0 fully saturated rings. The van der Waals surface area contributed by atoms with Crippen LogP contribution in [0.2, 0.25) is 0 Å². The largest absolute Gasteiger partial charge is 0.310 e. The average Bonchev–Trinajstić information content (AvgIpc) is 2.75. The highest BCUT2D eigenvalue weighted by atomic mass is 15.1. The van der Waals surface area contributed by atoms with Crippen molar-refractivity contribution in [3.05, 3.63) is 41.6 Å². The van der Waals surface area contributed by atoms with E-state index in [1.54, 1.807) is 0 Å². The van der Waals surface area contributed by atoms with Gasteiger partial charge in [-0.15, -0.1) is 0 Å². The van der Waals surface area contributed by atoms with Crippen LogP contribution in [-0.4, -0.2) is 16.7 Å². The molecule has 0 amide bonds. The minimum atomic E-state index is 0.387. The van der Waals surface area contributed by atoms with Gasteiger partial charge < -0.3 is 5.32 Å². The molecule has 0 bridgehead atoms. The number of benzene rings is 1. The molecule has 3 rings (SSSR count). The zero-order valence-electron chi connectivity index (χ0n) is 9.33. The second-order valence-corrected chi connectivity index (χ2v) is 4.26. The van der Waals surface area contributed by atoms with E-state index in [4.69, 9.17) is 0 Å². The van der Waals surface area contributed by atoms with Gasteiger partial charge in [-0.1, -0.05) is 30.3 Å². The van der Waals surface area contributed by atoms with Gasteiger partial charge in [-0.3, -0.25) is 5.10 Å². The molecular weight excluding hydrogens is 198 g/mol. The monoisotopic (exact) mass is 213 g/mol. The first-order valence-electron chi connectivity index (χ1n) is 5.72. The van der Waals surface area contributed by atoms with Gasteiger partial charge in [0.25, 0.3) is 0 Å². The van der Waals surface area contributed by atoms with Crippen molar-refractivity contribution in [1.29, 1.82) is 0 Å². The van der Waals surface area contributed by atoms with E-state index in [1.165, 1.54) is 16.8 Å². The first-order valence-corrected chi connectivity index (χ1v) is 5.72. The van der Waals surface area contributed by atoms with Crippen LogP contribution in [0, 0.1) is 0 Å². The van der Waals surface area contributed by atoms with Crippen molar-refractivity contribution in [2.24, 2.45) is 0 Å². The molecule has 0 radical (unpaired) electrons. The maximum Gasteiger partial charge on any atom is 0.0971 e. The maximum absolute atomic E-state index is 4.45. The molecule has 16 heavy (non-hydrogen) atoms. The Morgan fingerprint density at radius 1 is 1.25 bits per heavy atom. The molecule has 1 atom stereocenters. The number of fused-ring (bicyclic) bond motifs is 1. The summed E-state index contributed by atoms with van der Waals surface area (Å²) < 4.78 is 0. The molecule has 0 spiro atoms. The first kappa shape index (κ1) is 9.60. The zero-order valence-corrected chi connectivity index (χ0v) is 9.33. The summed E-state index contributed by atoms with van der Waals surface area (Å²) in [6.07, 6.45) is 1.04. The van der Waals surface area contributed by atoms with E-state index in [9.17, 15) is 0 Å². The molecule has 1 aliphatic heterocycles. The third-order valence-corrected chi connectivity index (χ3v) is 3.19. The molecule has 0 saturated heterocycles. The number of hydrogen-bond donors (Lipinski definition) is 2. The number of nitrogens with zero attached hydrogens (tertiary/aromatic N) is 1. The molecule has 2 heterocycles. The van der Waals surface area contributed by atoms with E-state index >= 15 is 0 Å². The number of hydrogen-bond acceptors (Lipinski definition) is 2. The Labute approximate surface area is 94.9 Å². The van der Waals surface area contributed by atoms with E-state index in [2.05, 4.69) is 46.7 Å². The molecule has 0 saturated carbocycles. The SMILES string of the molecule is CC1NCCc2[nH]nc(-c3ccccc3)c21. The van der Waals surface area contributed by atoms with Crippen LogP contribution in [-0.2, 0) is 6.42 Å². The van der Waals surface area contributed by atoms with Crippen LogP contribution in [0.4, 0.5) is 0 Å². The lowest BCUT2D eigenvalue weighted by Gasteiger charge is -2.20. The van der Waals surface area contributed by atoms with Gasteiger partial charge in [-0.2, -0.15) is 5.10 Å². The average molecular weight is 213 g/mol. The smallest absolute Gasteiger partial charge is 0.0971 e. The summed E-state index contributed by atoms with van der Waals surface area (Å²) in [6, 6.07) is 10.7. The van der Waals surface area contributed by atoms with Crippen LogP contribution < -0.4 is 5.32 Å². The topological polar surface area (TPSA) is 40.7 Å². The van der Waals surface area contributed by atoms with Gasteiger partial charge in [-0.25, -0.2) is 0 Å². The Morgan fingerprint density at radius 2 is 2.06 bits per heavy atom. The highest BCUT2D eigenvalue weighted by Crippen LogP contribution is 2.30. The lowest BCUT2D eigenvalue weighted by atomic mass is 9.96. The van der Waals surface area contributed by atoms with Crippen LogP contribution in [0.5, 0.6) is 0 Å². The van der Waals surface area contributed by atoms with Gasteiger partial charge in [0, 0.05) is 35.8 Å². The number of H-pyrrole nitrogens is 1. The molecule has 3 nitrogen and oxygen atoms in total. The summed E-state index contributed by atoms with van der Waals surface area (Å²) in [5, 5.41) is 11.1. The predicted octanol–water partition coefficient (Wildman–Crippen LogP) is 2.28. The van der Waals surface area contributed by atoms with E-state index in [0.717, 1.165) is 18.7 Å². The van der Waals surface area contributed by atoms with Crippen molar-refractivity contribution in [2.45, 2.75) is 19.4 Å². The van der Waals surface area contributed by atoms with Gasteiger partial charge in [0.2, 0.25) is 0 Å². The number of rotatable bonds is 1. The number of aromatic amines is 1. The van der Waals surface area contributed by atoms with Crippen molar-refractivity contribution in [3.63, 3.8) is 0 Å². The van der Waals surface area contributed by atoms with Crippen molar-refractivity contribution < 1.29 is 0 Å².